The van der Waals surface area contributed by atoms with E-state index in [9.17, 15) is 25.8 Å². The number of benzene rings is 1. The Balaban J connectivity index is 2.11. The Kier molecular flexibility index (Phi) is 7.59. The van der Waals surface area contributed by atoms with Crippen LogP contribution < -0.4 is 8.91 Å². The quantitative estimate of drug-likeness (QED) is 0.406. The zero-order chi connectivity index (χ0) is 24.4. The predicted octanol–water partition coefficient (Wildman–Crippen LogP) is 5.24. The lowest BCUT2D eigenvalue weighted by molar-refractivity contribution is -0.0501. The van der Waals surface area contributed by atoms with E-state index in [-0.39, 0.29) is 17.6 Å². The molecule has 0 aliphatic heterocycles. The number of nitrogens with zero attached hydrogens (tertiary/aromatic N) is 1. The second-order valence-electron chi connectivity index (χ2n) is 8.91. The molecule has 0 unspecified atom stereocenters. The van der Waals surface area contributed by atoms with Gasteiger partial charge in [0, 0.05) is 5.56 Å². The van der Waals surface area contributed by atoms with Gasteiger partial charge < -0.3 is 8.60 Å². The van der Waals surface area contributed by atoms with Gasteiger partial charge in [-0.25, -0.2) is 8.93 Å². The van der Waals surface area contributed by atoms with Crippen molar-refractivity contribution in [2.24, 2.45) is 5.92 Å². The van der Waals surface area contributed by atoms with E-state index in [0.717, 1.165) is 19.3 Å². The first-order chi connectivity index (χ1) is 15.3. The van der Waals surface area contributed by atoms with Crippen molar-refractivity contribution in [2.45, 2.75) is 69.2 Å². The van der Waals surface area contributed by atoms with Gasteiger partial charge in [0.25, 0.3) is 5.88 Å². The zero-order valence-electron chi connectivity index (χ0n) is 18.5. The molecule has 0 bridgehead atoms. The number of oxazole rings is 1. The molecule has 0 radical (unpaired) electrons. The van der Waals surface area contributed by atoms with Crippen LogP contribution in [0, 0.1) is 5.92 Å². The minimum absolute atomic E-state index is 0.0953. The van der Waals surface area contributed by atoms with Crippen LogP contribution in [0.1, 0.15) is 64.7 Å². The van der Waals surface area contributed by atoms with E-state index in [1.807, 2.05) is 0 Å². The molecule has 1 heterocycles. The van der Waals surface area contributed by atoms with Gasteiger partial charge in [-0.15, -0.1) is 0 Å². The third-order valence-corrected chi connectivity index (χ3v) is 7.83. The first-order valence-electron chi connectivity index (χ1n) is 10.5. The van der Waals surface area contributed by atoms with Crippen molar-refractivity contribution in [2.75, 3.05) is 0 Å². The fraction of sp³-hybridized carbons (Fsp3) is 0.571. The molecular formula is C21H27F3N2O5S2. The van der Waals surface area contributed by atoms with Crippen molar-refractivity contribution in [1.29, 1.82) is 0 Å². The summed E-state index contributed by atoms with van der Waals surface area (Å²) in [6, 6.07) is 7.48. The topological polar surface area (TPSA) is 98.5 Å². The molecule has 184 valence electrons. The number of hydrogen-bond donors (Lipinski definition) is 1. The standard InChI is InChI=1S/C21H27F3N2O5S2/c1-20(2,3)32(27)26-16(14-10-6-4-7-11-14)17-19(31-33(28,29)21(22,23)24)25-18(30-17)15-12-8-5-9-13-15/h5,8-9,12-14,16,26H,4,6-7,10-11H2,1-3H3/t16-,32+/m1/s1. The molecule has 1 aliphatic carbocycles. The molecular weight excluding hydrogens is 481 g/mol. The number of alkyl halides is 3. The molecule has 1 aromatic carbocycles. The molecule has 1 N–H and O–H groups in total. The molecule has 1 aromatic heterocycles. The van der Waals surface area contributed by atoms with E-state index in [0.29, 0.717) is 18.4 Å². The fourth-order valence-corrected chi connectivity index (χ4v) is 4.86. The number of aromatic nitrogens is 1. The highest BCUT2D eigenvalue weighted by Gasteiger charge is 2.50. The number of halogens is 3. The Morgan fingerprint density at radius 1 is 1.12 bits per heavy atom. The molecule has 3 rings (SSSR count). The highest BCUT2D eigenvalue weighted by atomic mass is 32.2. The average Bonchev–Trinajstić information content (AvgIpc) is 3.14. The molecule has 12 heteroatoms. The molecule has 1 fully saturated rings. The highest BCUT2D eigenvalue weighted by molar-refractivity contribution is 7.88. The Labute approximate surface area is 193 Å². The van der Waals surface area contributed by atoms with Crippen LogP contribution in [0.3, 0.4) is 0 Å². The van der Waals surface area contributed by atoms with Gasteiger partial charge >= 0.3 is 15.6 Å². The molecule has 0 amide bonds. The molecule has 1 saturated carbocycles. The number of nitrogens with one attached hydrogen (secondary N) is 1. The van der Waals surface area contributed by atoms with E-state index >= 15 is 0 Å². The average molecular weight is 509 g/mol. The van der Waals surface area contributed by atoms with E-state index in [4.69, 9.17) is 4.42 Å². The lowest BCUT2D eigenvalue weighted by Gasteiger charge is -2.31. The SMILES string of the molecule is CC(C)(C)[S@](=O)N[C@@H](c1oc(-c2ccccc2)nc1OS(=O)(=O)C(F)(F)F)C1CCCCC1. The van der Waals surface area contributed by atoms with Crippen molar-refractivity contribution in [3.8, 4) is 17.3 Å². The van der Waals surface area contributed by atoms with E-state index < -0.39 is 43.3 Å². The summed E-state index contributed by atoms with van der Waals surface area (Å²) >= 11 is 0. The first kappa shape index (κ1) is 25.7. The second-order valence-corrected chi connectivity index (χ2v) is 12.4. The van der Waals surface area contributed by atoms with Crippen LogP contribution in [0.15, 0.2) is 34.7 Å². The summed E-state index contributed by atoms with van der Waals surface area (Å²) < 4.78 is 88.2. The second kappa shape index (κ2) is 9.75. The minimum Gasteiger partial charge on any atom is -0.435 e. The summed E-state index contributed by atoms with van der Waals surface area (Å²) in [5.41, 5.74) is -5.21. The predicted molar refractivity (Wildman–Crippen MR) is 118 cm³/mol. The van der Waals surface area contributed by atoms with Gasteiger partial charge in [0.05, 0.1) is 21.8 Å². The van der Waals surface area contributed by atoms with Gasteiger partial charge in [-0.3, -0.25) is 0 Å². The lowest BCUT2D eigenvalue weighted by Crippen LogP contribution is -2.39. The molecule has 0 spiro atoms. The fourth-order valence-electron chi connectivity index (χ4n) is 3.55. The third-order valence-electron chi connectivity index (χ3n) is 5.31. The van der Waals surface area contributed by atoms with Crippen molar-refractivity contribution < 1.29 is 34.4 Å². The van der Waals surface area contributed by atoms with Crippen molar-refractivity contribution in [1.82, 2.24) is 9.71 Å². The molecule has 2 aromatic rings. The van der Waals surface area contributed by atoms with Crippen LogP contribution in [0.4, 0.5) is 13.2 Å². The normalized spacial score (nSPS) is 18.1. The maximum absolute atomic E-state index is 13.1. The number of rotatable bonds is 7. The van der Waals surface area contributed by atoms with Gasteiger partial charge in [-0.2, -0.15) is 26.6 Å². The van der Waals surface area contributed by atoms with Crippen LogP contribution in [0.5, 0.6) is 5.88 Å². The van der Waals surface area contributed by atoms with Crippen molar-refractivity contribution in [3.63, 3.8) is 0 Å². The van der Waals surface area contributed by atoms with Crippen molar-refractivity contribution >= 4 is 21.1 Å². The first-order valence-corrected chi connectivity index (χ1v) is 13.1. The Morgan fingerprint density at radius 2 is 1.73 bits per heavy atom. The van der Waals surface area contributed by atoms with Crippen molar-refractivity contribution in [3.05, 3.63) is 36.1 Å². The summed E-state index contributed by atoms with van der Waals surface area (Å²) in [5, 5.41) is 0. The molecule has 2 atom stereocenters. The third kappa shape index (κ3) is 6.15. The van der Waals surface area contributed by atoms with E-state index in [1.54, 1.807) is 51.1 Å². The highest BCUT2D eigenvalue weighted by Crippen LogP contribution is 2.42. The summed E-state index contributed by atoms with van der Waals surface area (Å²) in [6.45, 7) is 5.24. The van der Waals surface area contributed by atoms with Gasteiger partial charge in [0.1, 0.15) is 0 Å². The minimum atomic E-state index is -5.99. The van der Waals surface area contributed by atoms with Gasteiger partial charge in [-0.05, 0) is 51.7 Å². The molecule has 0 saturated heterocycles. The van der Waals surface area contributed by atoms with Crippen LogP contribution in [0.25, 0.3) is 11.5 Å². The van der Waals surface area contributed by atoms with Crippen LogP contribution >= 0.6 is 0 Å². The molecule has 1 aliphatic rings. The molecule has 7 nitrogen and oxygen atoms in total. The summed E-state index contributed by atoms with van der Waals surface area (Å²) in [6.07, 6.45) is 4.16. The summed E-state index contributed by atoms with van der Waals surface area (Å²) in [5.74, 6) is -1.27. The van der Waals surface area contributed by atoms with Gasteiger partial charge in [0.2, 0.25) is 5.89 Å². The Bertz CT molecular complexity index is 1070. The van der Waals surface area contributed by atoms with Gasteiger partial charge in [0.15, 0.2) is 5.76 Å². The van der Waals surface area contributed by atoms with Crippen LogP contribution in [-0.4, -0.2) is 27.9 Å². The summed E-state index contributed by atoms with van der Waals surface area (Å²) in [7, 11) is -7.61. The smallest absolute Gasteiger partial charge is 0.435 e. The van der Waals surface area contributed by atoms with E-state index in [2.05, 4.69) is 13.9 Å². The summed E-state index contributed by atoms with van der Waals surface area (Å²) in [4.78, 5) is 3.96. The van der Waals surface area contributed by atoms with Crippen LogP contribution in [0.2, 0.25) is 0 Å². The number of hydrogen-bond acceptors (Lipinski definition) is 6. The van der Waals surface area contributed by atoms with Crippen LogP contribution in [-0.2, 0) is 21.1 Å². The maximum atomic E-state index is 13.1. The van der Waals surface area contributed by atoms with E-state index in [1.165, 1.54) is 0 Å². The molecule has 33 heavy (non-hydrogen) atoms. The Morgan fingerprint density at radius 3 is 2.27 bits per heavy atom. The largest absolute Gasteiger partial charge is 0.534 e. The maximum Gasteiger partial charge on any atom is 0.534 e. The zero-order valence-corrected chi connectivity index (χ0v) is 20.1. The lowest BCUT2D eigenvalue weighted by atomic mass is 9.83. The monoisotopic (exact) mass is 508 g/mol. The van der Waals surface area contributed by atoms with Gasteiger partial charge in [-0.1, -0.05) is 37.5 Å². The Hall–Kier alpha value is -1.92.